The number of nitrogens with zero attached hydrogens (tertiary/aromatic N) is 6. The highest BCUT2D eigenvalue weighted by atomic mass is 32.2. The van der Waals surface area contributed by atoms with Crippen LogP contribution in [0, 0.1) is 40.9 Å². The third-order valence-corrected chi connectivity index (χ3v) is 19.7. The molecule has 8 bridgehead atoms. The number of hydrogen-bond donors (Lipinski definition) is 7. The maximum absolute atomic E-state index is 12.5. The minimum atomic E-state index is -4.73. The van der Waals surface area contributed by atoms with Crippen molar-refractivity contribution in [3.63, 3.8) is 0 Å². The zero-order valence-electron chi connectivity index (χ0n) is 42.6. The van der Waals surface area contributed by atoms with Gasteiger partial charge in [0.1, 0.15) is 28.3 Å². The van der Waals surface area contributed by atoms with Gasteiger partial charge in [0, 0.05) is 55.8 Å². The summed E-state index contributed by atoms with van der Waals surface area (Å²) in [7, 11) is -14.2. The third-order valence-electron chi connectivity index (χ3n) is 17.2. The molecule has 19 nitrogen and oxygen atoms in total. The summed E-state index contributed by atoms with van der Waals surface area (Å²) in [6, 6.07) is 22.4. The van der Waals surface area contributed by atoms with Gasteiger partial charge in [-0.25, -0.2) is 29.9 Å². The van der Waals surface area contributed by atoms with Crippen molar-refractivity contribution in [2.24, 2.45) is 17.3 Å². The number of hydrogen-bond acceptors (Lipinski definition) is 14. The van der Waals surface area contributed by atoms with Crippen LogP contribution in [0.1, 0.15) is 87.3 Å². The molecule has 5 aromatic carbocycles. The van der Waals surface area contributed by atoms with Gasteiger partial charge < -0.3 is 20.2 Å². The van der Waals surface area contributed by atoms with Gasteiger partial charge in [-0.2, -0.15) is 25.3 Å². The van der Waals surface area contributed by atoms with Crippen LogP contribution in [0.2, 0.25) is 0 Å². The number of aromatic nitrogens is 8. The average molecular weight is 1130 g/mol. The zero-order chi connectivity index (χ0) is 55.7. The second-order valence-electron chi connectivity index (χ2n) is 21.5. The lowest BCUT2D eigenvalue weighted by molar-refractivity contribution is -0.108. The molecule has 2 fully saturated rings. The van der Waals surface area contributed by atoms with E-state index in [9.17, 15) is 49.1 Å². The van der Waals surface area contributed by atoms with Crippen LogP contribution in [0.15, 0.2) is 106 Å². The fourth-order valence-corrected chi connectivity index (χ4v) is 14.7. The Bertz CT molecular complexity index is 4670. The number of benzene rings is 5. The Morgan fingerprint density at radius 1 is 0.575 bits per heavy atom. The Labute approximate surface area is 458 Å². The van der Waals surface area contributed by atoms with E-state index in [4.69, 9.17) is 24.9 Å². The molecule has 0 saturated heterocycles. The Morgan fingerprint density at radius 3 is 1.74 bits per heavy atom. The predicted molar refractivity (Wildman–Crippen MR) is 296 cm³/mol. The second-order valence-corrected chi connectivity index (χ2v) is 25.8. The van der Waals surface area contributed by atoms with E-state index < -0.39 is 50.6 Å². The smallest absolute Gasteiger partial charge is 0.294 e. The number of H-pyrrole nitrogens is 2. The summed E-state index contributed by atoms with van der Waals surface area (Å²) in [6.45, 7) is 2.31. The van der Waals surface area contributed by atoms with Crippen molar-refractivity contribution in [2.75, 3.05) is 0 Å². The Balaban J connectivity index is 0.849. The van der Waals surface area contributed by atoms with Gasteiger partial charge in [-0.1, -0.05) is 24.8 Å². The maximum atomic E-state index is 12.5. The van der Waals surface area contributed by atoms with E-state index in [1.54, 1.807) is 18.2 Å². The van der Waals surface area contributed by atoms with Crippen molar-refractivity contribution < 1.29 is 49.1 Å². The average Bonchev–Trinajstić information content (AvgIpc) is 3.61. The minimum Gasteiger partial charge on any atom is -0.508 e. The first kappa shape index (κ1) is 51.5. The van der Waals surface area contributed by atoms with E-state index in [-0.39, 0.29) is 73.2 Å². The Morgan fingerprint density at radius 2 is 1.12 bits per heavy atom. The van der Waals surface area contributed by atoms with E-state index >= 15 is 0 Å². The van der Waals surface area contributed by atoms with Crippen LogP contribution in [-0.4, -0.2) is 94.6 Å². The van der Waals surface area contributed by atoms with Gasteiger partial charge >= 0.3 is 0 Å². The topological polar surface area (TPSA) is 312 Å². The maximum Gasteiger partial charge on any atom is 0.294 e. The van der Waals surface area contributed by atoms with Crippen molar-refractivity contribution >= 4 is 74.5 Å². The van der Waals surface area contributed by atoms with Crippen molar-refractivity contribution in [1.29, 1.82) is 0 Å². The van der Waals surface area contributed by atoms with Gasteiger partial charge in [-0.3, -0.25) is 13.7 Å². The molecule has 3 aromatic heterocycles. The van der Waals surface area contributed by atoms with E-state index in [0.29, 0.717) is 57.4 Å². The van der Waals surface area contributed by atoms with Crippen LogP contribution in [-0.2, 0) is 36.8 Å². The molecular weight excluding hydrogens is 1080 g/mol. The summed E-state index contributed by atoms with van der Waals surface area (Å²) in [5, 5.41) is 23.4. The SMILES string of the molecule is C[C@]12CC[C@@H]3c4ccc(O)cc4CC[C@H]3[C@@H]1CC[C@]2(O)CCCCC#CC#Cc1ccc2c(c1)-c1nc-2nc2[nH]c(nc3nc(nc4[nH]c(n1)c1ccc(S(=O)(=O)O)cc41)-c1ccc(S(=O)(=O)O)cc1-3)c1ccc(S(=O)(=O)O)cc21. The molecule has 2 aliphatic heterocycles. The largest absolute Gasteiger partial charge is 0.508 e. The summed E-state index contributed by atoms with van der Waals surface area (Å²) < 4.78 is 105. The molecule has 7 N–H and O–H groups in total. The highest BCUT2D eigenvalue weighted by Gasteiger charge is 2.61. The minimum absolute atomic E-state index is 0.0252. The number of aliphatic hydroxyl groups is 1. The highest BCUT2D eigenvalue weighted by Crippen LogP contribution is 2.65. The molecule has 22 heteroatoms. The number of phenolic OH excluding ortho intramolecular Hbond substituents is 1. The van der Waals surface area contributed by atoms with Crippen LogP contribution in [0.25, 0.3) is 89.7 Å². The first-order valence-corrected chi connectivity index (χ1v) is 30.3. The molecule has 13 rings (SSSR count). The summed E-state index contributed by atoms with van der Waals surface area (Å²) >= 11 is 0. The normalized spacial score (nSPS) is 21.1. The second kappa shape index (κ2) is 18.6. The molecule has 0 unspecified atom stereocenters. The number of rotatable bonds is 7. The lowest BCUT2D eigenvalue weighted by Gasteiger charge is -2.53. The van der Waals surface area contributed by atoms with Crippen LogP contribution < -0.4 is 0 Å². The van der Waals surface area contributed by atoms with Crippen LogP contribution in [0.3, 0.4) is 0 Å². The first-order chi connectivity index (χ1) is 38.1. The monoisotopic (exact) mass is 1130 g/mol. The number of fused-ring (bicyclic) bond motifs is 25. The van der Waals surface area contributed by atoms with Crippen LogP contribution in [0.4, 0.5) is 0 Å². The molecular formula is C58H48N8O11S3. The van der Waals surface area contributed by atoms with E-state index in [1.807, 2.05) is 12.1 Å². The van der Waals surface area contributed by atoms with E-state index in [0.717, 1.165) is 69.9 Å². The van der Waals surface area contributed by atoms with Gasteiger partial charge in [0.05, 0.1) is 20.3 Å². The Kier molecular flexibility index (Phi) is 12.0. The number of nitrogens with one attached hydrogen (secondary N) is 2. The number of unbranched alkanes of at least 4 members (excludes halogenated alkanes) is 2. The van der Waals surface area contributed by atoms with Crippen molar-refractivity contribution in [1.82, 2.24) is 39.9 Å². The lowest BCUT2D eigenvalue weighted by Crippen LogP contribution is -2.50. The molecule has 5 atom stereocenters. The first-order valence-electron chi connectivity index (χ1n) is 26.0. The number of aromatic hydroxyl groups is 1. The van der Waals surface area contributed by atoms with E-state index in [1.165, 1.54) is 53.6 Å². The van der Waals surface area contributed by atoms with Crippen molar-refractivity contribution in [3.05, 3.63) is 108 Å². The molecule has 0 radical (unpaired) electrons. The number of aromatic amines is 2. The number of phenols is 1. The van der Waals surface area contributed by atoms with Crippen LogP contribution in [0.5, 0.6) is 5.75 Å². The third kappa shape index (κ3) is 8.78. The number of aryl methyl sites for hydroxylation is 1. The molecule has 0 spiro atoms. The van der Waals surface area contributed by atoms with Crippen molar-refractivity contribution in [3.8, 4) is 75.0 Å². The molecule has 2 saturated carbocycles. The summed E-state index contributed by atoms with van der Waals surface area (Å²) in [5.74, 6) is 14.2. The molecule has 3 aliphatic carbocycles. The molecule has 5 heterocycles. The van der Waals surface area contributed by atoms with Gasteiger partial charge in [-0.05, 0) is 189 Å². The highest BCUT2D eigenvalue weighted by molar-refractivity contribution is 7.86. The van der Waals surface area contributed by atoms with Crippen LogP contribution >= 0.6 is 0 Å². The van der Waals surface area contributed by atoms with Gasteiger partial charge in [0.15, 0.2) is 23.3 Å². The quantitative estimate of drug-likeness (QED) is 0.0444. The summed E-state index contributed by atoms with van der Waals surface area (Å²) in [6.07, 6.45) is 8.87. The zero-order valence-corrected chi connectivity index (χ0v) is 45.0. The summed E-state index contributed by atoms with van der Waals surface area (Å²) in [5.41, 5.74) is 3.99. The van der Waals surface area contributed by atoms with Gasteiger partial charge in [0.2, 0.25) is 0 Å². The fraction of sp³-hybridized carbons (Fsp3) is 0.276. The molecule has 8 aromatic rings. The predicted octanol–water partition coefficient (Wildman–Crippen LogP) is 9.52. The van der Waals surface area contributed by atoms with Gasteiger partial charge in [-0.15, -0.1) is 0 Å². The van der Waals surface area contributed by atoms with Gasteiger partial charge in [0.25, 0.3) is 30.4 Å². The van der Waals surface area contributed by atoms with Crippen molar-refractivity contribution in [2.45, 2.75) is 97.3 Å². The Hall–Kier alpha value is -7.93. The molecule has 80 heavy (non-hydrogen) atoms. The lowest BCUT2D eigenvalue weighted by atomic mass is 9.53. The fourth-order valence-electron chi connectivity index (χ4n) is 13.2. The summed E-state index contributed by atoms with van der Waals surface area (Å²) in [4.78, 5) is 33.8. The molecule has 0 amide bonds. The van der Waals surface area contributed by atoms with E-state index in [2.05, 4.69) is 51.6 Å². The molecule has 404 valence electrons. The standard InChI is InChI=1S/C58H48N8O11S3/c1-57-24-21-38-37-17-11-33(67)27-32(37)10-16-39(38)48(57)22-25-58(57,68)23-7-5-3-2-4-6-8-31-9-15-40-44(26-31)53-59-49(40)61-54-46-29-35(79(72,73)74)13-19-42(46)51(63-54)65-56-47-30-36(80(75,76)77)14-20-43(47)52(66-56)64-55-45-28-34(78(69,70)71)12-18-41(45)50(60-53)62-55/h9,11-15,17-20,26-30,38-39,48,67-68H,3,5,7,10,16,21-25H2,1H3,(H,69,70,71)(H,72,73,74)(H,75,76,77)(H2,59,60,61,62,63,64,65,66)/t38-,39-,48+,57+,58-/m1/s1. The molecule has 5 aliphatic rings.